The van der Waals surface area contributed by atoms with Gasteiger partial charge in [0.1, 0.15) is 23.2 Å². The molecule has 0 bridgehead atoms. The molecule has 2 atom stereocenters. The smallest absolute Gasteiger partial charge is 0.325 e. The highest BCUT2D eigenvalue weighted by Crippen LogP contribution is 2.19. The van der Waals surface area contributed by atoms with E-state index in [1.54, 1.807) is 6.07 Å². The van der Waals surface area contributed by atoms with Crippen LogP contribution in [0.1, 0.15) is 16.8 Å². The number of carbonyl (C=O) groups excluding carboxylic acids is 1. The van der Waals surface area contributed by atoms with Crippen LogP contribution in [-0.4, -0.2) is 41.2 Å². The van der Waals surface area contributed by atoms with Gasteiger partial charge in [0.15, 0.2) is 0 Å². The lowest BCUT2D eigenvalue weighted by molar-refractivity contribution is -0.00300. The van der Waals surface area contributed by atoms with Crippen LogP contribution in [0.5, 0.6) is 5.75 Å². The number of ether oxygens (including phenoxy) is 2. The number of carbonyl (C=O) groups is 1. The summed E-state index contributed by atoms with van der Waals surface area (Å²) < 4.78 is 24.4. The lowest BCUT2D eigenvalue weighted by atomic mass is 10.1. The molecule has 8 nitrogen and oxygen atoms in total. The van der Waals surface area contributed by atoms with Crippen LogP contribution in [0, 0.1) is 5.82 Å². The summed E-state index contributed by atoms with van der Waals surface area (Å²) in [4.78, 5) is 39.2. The standard InChI is InChI=1S/C16H16FN3O5/c17-9-2-1-3-10(6-9)25-13-4-5-24-8-12(13)19-14(21)11-7-18-16(23)20-15(11)22/h1-3,6-7,12-13H,4-5,8H2,(H,19,21)(H2,18,20,22,23)/t12-,13+/m1/s1. The molecule has 2 heterocycles. The number of benzene rings is 1. The second kappa shape index (κ2) is 7.31. The van der Waals surface area contributed by atoms with Gasteiger partial charge in [0.25, 0.3) is 11.5 Å². The van der Waals surface area contributed by atoms with Gasteiger partial charge in [-0.2, -0.15) is 0 Å². The molecular formula is C16H16FN3O5. The van der Waals surface area contributed by atoms with Crippen LogP contribution in [-0.2, 0) is 4.74 Å². The normalized spacial score (nSPS) is 20.0. The summed E-state index contributed by atoms with van der Waals surface area (Å²) in [5, 5.41) is 2.66. The summed E-state index contributed by atoms with van der Waals surface area (Å²) in [6.07, 6.45) is 1.09. The minimum Gasteiger partial charge on any atom is -0.488 e. The average Bonchev–Trinajstić information content (AvgIpc) is 2.56. The number of H-pyrrole nitrogens is 2. The molecule has 0 spiro atoms. The Balaban J connectivity index is 1.73. The number of nitrogens with one attached hydrogen (secondary N) is 3. The lowest BCUT2D eigenvalue weighted by Gasteiger charge is -2.32. The Labute approximate surface area is 141 Å². The van der Waals surface area contributed by atoms with E-state index in [2.05, 4.69) is 10.3 Å². The molecule has 0 saturated carbocycles. The number of hydrogen-bond donors (Lipinski definition) is 3. The van der Waals surface area contributed by atoms with Gasteiger partial charge in [0.2, 0.25) is 0 Å². The van der Waals surface area contributed by atoms with E-state index in [9.17, 15) is 18.8 Å². The molecule has 3 rings (SSSR count). The van der Waals surface area contributed by atoms with Gasteiger partial charge in [-0.15, -0.1) is 0 Å². The van der Waals surface area contributed by atoms with Gasteiger partial charge in [0, 0.05) is 18.7 Å². The predicted octanol–water partition coefficient (Wildman–Crippen LogP) is 0.169. The van der Waals surface area contributed by atoms with Crippen molar-refractivity contribution in [2.75, 3.05) is 13.2 Å². The van der Waals surface area contributed by atoms with Crippen molar-refractivity contribution in [1.29, 1.82) is 0 Å². The van der Waals surface area contributed by atoms with Gasteiger partial charge in [-0.1, -0.05) is 6.07 Å². The van der Waals surface area contributed by atoms with Crippen LogP contribution >= 0.6 is 0 Å². The molecule has 9 heteroatoms. The minimum atomic E-state index is -0.791. The van der Waals surface area contributed by atoms with E-state index in [-0.39, 0.29) is 12.2 Å². The molecule has 3 N–H and O–H groups in total. The van der Waals surface area contributed by atoms with Crippen molar-refractivity contribution in [3.63, 3.8) is 0 Å². The van der Waals surface area contributed by atoms with E-state index < -0.39 is 35.1 Å². The van der Waals surface area contributed by atoms with Crippen LogP contribution in [0.25, 0.3) is 0 Å². The largest absolute Gasteiger partial charge is 0.488 e. The molecule has 1 aliphatic heterocycles. The van der Waals surface area contributed by atoms with Gasteiger partial charge in [-0.05, 0) is 12.1 Å². The van der Waals surface area contributed by atoms with E-state index >= 15 is 0 Å². The van der Waals surface area contributed by atoms with Crippen molar-refractivity contribution < 1.29 is 18.7 Å². The minimum absolute atomic E-state index is 0.187. The van der Waals surface area contributed by atoms with Crippen LogP contribution in [0.3, 0.4) is 0 Å². The Bertz CT molecular complexity index is 878. The van der Waals surface area contributed by atoms with E-state index in [0.717, 1.165) is 6.20 Å². The van der Waals surface area contributed by atoms with E-state index in [1.807, 2.05) is 4.98 Å². The molecule has 0 unspecified atom stereocenters. The van der Waals surface area contributed by atoms with Gasteiger partial charge in [-0.3, -0.25) is 14.6 Å². The Morgan fingerprint density at radius 3 is 2.96 bits per heavy atom. The van der Waals surface area contributed by atoms with Crippen molar-refractivity contribution in [1.82, 2.24) is 15.3 Å². The fourth-order valence-electron chi connectivity index (χ4n) is 2.53. The first kappa shape index (κ1) is 16.9. The Hall–Kier alpha value is -2.94. The third-order valence-corrected chi connectivity index (χ3v) is 3.76. The van der Waals surface area contributed by atoms with Crippen molar-refractivity contribution in [2.24, 2.45) is 0 Å². The first-order valence-corrected chi connectivity index (χ1v) is 7.66. The highest BCUT2D eigenvalue weighted by molar-refractivity contribution is 5.93. The number of amides is 1. The number of rotatable bonds is 4. The zero-order chi connectivity index (χ0) is 17.8. The molecule has 1 aliphatic rings. The molecule has 25 heavy (non-hydrogen) atoms. The predicted molar refractivity (Wildman–Crippen MR) is 85.2 cm³/mol. The highest BCUT2D eigenvalue weighted by atomic mass is 19.1. The SMILES string of the molecule is O=C(N[C@@H]1COCC[C@@H]1Oc1cccc(F)c1)c1c[nH]c(=O)[nH]c1=O. The summed E-state index contributed by atoms with van der Waals surface area (Å²) >= 11 is 0. The zero-order valence-corrected chi connectivity index (χ0v) is 13.1. The first-order chi connectivity index (χ1) is 12.0. The summed E-state index contributed by atoms with van der Waals surface area (Å²) in [5.41, 5.74) is -1.72. The molecule has 2 aromatic rings. The highest BCUT2D eigenvalue weighted by Gasteiger charge is 2.30. The van der Waals surface area contributed by atoms with Gasteiger partial charge < -0.3 is 19.8 Å². The average molecular weight is 349 g/mol. The molecule has 0 radical (unpaired) electrons. The zero-order valence-electron chi connectivity index (χ0n) is 13.1. The van der Waals surface area contributed by atoms with Crippen LogP contribution < -0.4 is 21.3 Å². The summed E-state index contributed by atoms with van der Waals surface area (Å²) in [5.74, 6) is -0.751. The molecule has 0 aliphatic carbocycles. The summed E-state index contributed by atoms with van der Waals surface area (Å²) in [7, 11) is 0. The van der Waals surface area contributed by atoms with Crippen LogP contribution in [0.2, 0.25) is 0 Å². The molecule has 1 amide bonds. The maximum absolute atomic E-state index is 13.3. The fraction of sp³-hybridized carbons (Fsp3) is 0.312. The van der Waals surface area contributed by atoms with Crippen molar-refractivity contribution >= 4 is 5.91 Å². The Morgan fingerprint density at radius 1 is 1.36 bits per heavy atom. The molecular weight excluding hydrogens is 333 g/mol. The molecule has 132 valence electrons. The Kier molecular flexibility index (Phi) is 4.94. The Morgan fingerprint density at radius 2 is 2.20 bits per heavy atom. The number of halogens is 1. The third kappa shape index (κ3) is 4.13. The van der Waals surface area contributed by atoms with Crippen LogP contribution in [0.15, 0.2) is 40.1 Å². The van der Waals surface area contributed by atoms with Gasteiger partial charge >= 0.3 is 5.69 Å². The van der Waals surface area contributed by atoms with Gasteiger partial charge in [0.05, 0.1) is 19.3 Å². The van der Waals surface area contributed by atoms with E-state index in [4.69, 9.17) is 9.47 Å². The number of aromatic nitrogens is 2. The third-order valence-electron chi connectivity index (χ3n) is 3.76. The maximum Gasteiger partial charge on any atom is 0.325 e. The van der Waals surface area contributed by atoms with Crippen LogP contribution in [0.4, 0.5) is 4.39 Å². The second-order valence-electron chi connectivity index (χ2n) is 5.54. The van der Waals surface area contributed by atoms with Crippen molar-refractivity contribution in [2.45, 2.75) is 18.6 Å². The van der Waals surface area contributed by atoms with E-state index in [0.29, 0.717) is 18.8 Å². The lowest BCUT2D eigenvalue weighted by Crippen LogP contribution is -2.52. The van der Waals surface area contributed by atoms with Crippen molar-refractivity contribution in [3.05, 3.63) is 62.7 Å². The molecule has 1 fully saturated rings. The van der Waals surface area contributed by atoms with Gasteiger partial charge in [-0.25, -0.2) is 9.18 Å². The molecule has 1 aromatic heterocycles. The van der Waals surface area contributed by atoms with Crippen molar-refractivity contribution in [3.8, 4) is 5.75 Å². The second-order valence-corrected chi connectivity index (χ2v) is 5.54. The quantitative estimate of drug-likeness (QED) is 0.728. The number of aromatic amines is 2. The summed E-state index contributed by atoms with van der Waals surface area (Å²) in [6.45, 7) is 0.624. The monoisotopic (exact) mass is 349 g/mol. The maximum atomic E-state index is 13.3. The van der Waals surface area contributed by atoms with E-state index in [1.165, 1.54) is 18.2 Å². The number of hydrogen-bond acceptors (Lipinski definition) is 5. The summed E-state index contributed by atoms with van der Waals surface area (Å²) in [6, 6.07) is 5.16. The fourth-order valence-corrected chi connectivity index (χ4v) is 2.53. The molecule has 1 aromatic carbocycles. The first-order valence-electron chi connectivity index (χ1n) is 7.66. The molecule has 1 saturated heterocycles. The topological polar surface area (TPSA) is 113 Å².